The molecule has 0 N–H and O–H groups in total. The molecule has 0 saturated heterocycles. The zero-order valence-electron chi connectivity index (χ0n) is 11.0. The second-order valence-electron chi connectivity index (χ2n) is 3.79. The minimum Gasteiger partial charge on any atom is -0.460 e. The van der Waals surface area contributed by atoms with Crippen LogP contribution in [0.3, 0.4) is 0 Å². The normalized spacial score (nSPS) is 10.2. The first-order valence-electron chi connectivity index (χ1n) is 6.21. The lowest BCUT2D eigenvalue weighted by Crippen LogP contribution is -2.13. The first-order valence-corrected chi connectivity index (χ1v) is 7.74. The van der Waals surface area contributed by atoms with Crippen molar-refractivity contribution in [2.45, 2.75) is 0 Å². The van der Waals surface area contributed by atoms with E-state index in [4.69, 9.17) is 14.2 Å². The van der Waals surface area contributed by atoms with E-state index >= 15 is 0 Å². The number of rotatable bonds is 10. The van der Waals surface area contributed by atoms with E-state index in [1.807, 2.05) is 0 Å². The first-order chi connectivity index (χ1) is 9.77. The number of benzene rings is 1. The lowest BCUT2D eigenvalue weighted by molar-refractivity contribution is 0.0168. The molecule has 0 aromatic heterocycles. The van der Waals surface area contributed by atoms with Crippen LogP contribution >= 0.6 is 22.6 Å². The quantitative estimate of drug-likeness (QED) is 0.201. The van der Waals surface area contributed by atoms with Gasteiger partial charge in [-0.15, -0.1) is 0 Å². The van der Waals surface area contributed by atoms with Crippen molar-refractivity contribution < 1.29 is 23.8 Å². The van der Waals surface area contributed by atoms with Crippen LogP contribution in [0.5, 0.6) is 0 Å². The summed E-state index contributed by atoms with van der Waals surface area (Å²) in [7, 11) is 0. The molecule has 1 aromatic carbocycles. The fourth-order valence-electron chi connectivity index (χ4n) is 1.35. The number of carbonyl (C=O) groups excluding carboxylic acids is 2. The number of esters is 1. The van der Waals surface area contributed by atoms with Gasteiger partial charge in [-0.05, 0) is 12.1 Å². The summed E-state index contributed by atoms with van der Waals surface area (Å²) in [6, 6.07) is 6.27. The Bertz CT molecular complexity index is 405. The highest BCUT2D eigenvalue weighted by Crippen LogP contribution is 2.04. The van der Waals surface area contributed by atoms with Crippen LogP contribution in [0, 0.1) is 0 Å². The third kappa shape index (κ3) is 6.97. The van der Waals surface area contributed by atoms with Gasteiger partial charge in [-0.25, -0.2) is 4.79 Å². The Morgan fingerprint density at radius 3 is 2.20 bits per heavy atom. The van der Waals surface area contributed by atoms with Gasteiger partial charge in [0.05, 0.1) is 32.0 Å². The predicted molar refractivity (Wildman–Crippen MR) is 82.6 cm³/mol. The monoisotopic (exact) mass is 392 g/mol. The van der Waals surface area contributed by atoms with Gasteiger partial charge in [-0.1, -0.05) is 34.7 Å². The minimum atomic E-state index is -0.424. The van der Waals surface area contributed by atoms with Crippen LogP contribution in [-0.4, -0.2) is 49.7 Å². The molecule has 0 unspecified atom stereocenters. The van der Waals surface area contributed by atoms with Gasteiger partial charge in [0.25, 0.3) is 0 Å². The summed E-state index contributed by atoms with van der Waals surface area (Å²) in [6.07, 6.45) is 0.725. The molecule has 0 aliphatic carbocycles. The molecule has 0 radical (unpaired) electrons. The van der Waals surface area contributed by atoms with Crippen molar-refractivity contribution in [1.82, 2.24) is 0 Å². The van der Waals surface area contributed by atoms with Crippen LogP contribution in [-0.2, 0) is 14.2 Å². The van der Waals surface area contributed by atoms with Crippen LogP contribution < -0.4 is 0 Å². The van der Waals surface area contributed by atoms with Gasteiger partial charge in [-0.3, -0.25) is 4.79 Å². The van der Waals surface area contributed by atoms with Gasteiger partial charge in [0.15, 0.2) is 0 Å². The molecular formula is C14H17IO5. The van der Waals surface area contributed by atoms with Gasteiger partial charge in [0.2, 0.25) is 0 Å². The molecule has 0 aliphatic heterocycles. The second kappa shape index (κ2) is 10.8. The van der Waals surface area contributed by atoms with E-state index in [2.05, 4.69) is 22.6 Å². The molecule has 0 atom stereocenters. The molecular weight excluding hydrogens is 375 g/mol. The number of halogens is 1. The number of alkyl halides is 1. The lowest BCUT2D eigenvalue weighted by atomic mass is 10.1. The van der Waals surface area contributed by atoms with Gasteiger partial charge >= 0.3 is 5.97 Å². The van der Waals surface area contributed by atoms with E-state index in [-0.39, 0.29) is 6.61 Å². The van der Waals surface area contributed by atoms with Gasteiger partial charge in [0, 0.05) is 9.99 Å². The maximum absolute atomic E-state index is 11.6. The zero-order valence-corrected chi connectivity index (χ0v) is 13.2. The highest BCUT2D eigenvalue weighted by molar-refractivity contribution is 14.1. The summed E-state index contributed by atoms with van der Waals surface area (Å²) < 4.78 is 16.5. The molecule has 0 bridgehead atoms. The van der Waals surface area contributed by atoms with E-state index in [0.29, 0.717) is 30.9 Å². The van der Waals surface area contributed by atoms with Crippen molar-refractivity contribution in [3.05, 3.63) is 35.4 Å². The Morgan fingerprint density at radius 2 is 1.60 bits per heavy atom. The minimum absolute atomic E-state index is 0.195. The summed E-state index contributed by atoms with van der Waals surface area (Å²) >= 11 is 2.24. The molecule has 0 saturated carbocycles. The molecule has 0 amide bonds. The van der Waals surface area contributed by atoms with Crippen LogP contribution in [0.4, 0.5) is 0 Å². The Balaban J connectivity index is 2.12. The molecule has 0 aliphatic rings. The third-order valence-electron chi connectivity index (χ3n) is 2.34. The van der Waals surface area contributed by atoms with Crippen molar-refractivity contribution in [3.8, 4) is 0 Å². The Hall–Kier alpha value is -0.990. The molecule has 5 nitrogen and oxygen atoms in total. The number of hydrogen-bond acceptors (Lipinski definition) is 5. The fraction of sp³-hybridized carbons (Fsp3) is 0.429. The number of carbonyl (C=O) groups is 2. The predicted octanol–water partition coefficient (Wildman–Crippen LogP) is 2.12. The molecule has 0 heterocycles. The largest absolute Gasteiger partial charge is 0.460 e. The van der Waals surface area contributed by atoms with Gasteiger partial charge in [-0.2, -0.15) is 0 Å². The first kappa shape index (κ1) is 17.1. The summed E-state index contributed by atoms with van der Waals surface area (Å²) in [5.74, 6) is -0.424. The Kier molecular flexibility index (Phi) is 9.18. The van der Waals surface area contributed by atoms with Crippen LogP contribution in [0.2, 0.25) is 0 Å². The summed E-state index contributed by atoms with van der Waals surface area (Å²) in [5.41, 5.74) is 0.942. The van der Waals surface area contributed by atoms with Crippen molar-refractivity contribution in [1.29, 1.82) is 0 Å². The number of hydrogen-bond donors (Lipinski definition) is 0. The van der Waals surface area contributed by atoms with Crippen molar-refractivity contribution in [3.63, 3.8) is 0 Å². The highest BCUT2D eigenvalue weighted by Gasteiger charge is 2.06. The van der Waals surface area contributed by atoms with E-state index in [9.17, 15) is 9.59 Å². The van der Waals surface area contributed by atoms with Crippen LogP contribution in [0.1, 0.15) is 20.7 Å². The topological polar surface area (TPSA) is 61.8 Å². The zero-order chi connectivity index (χ0) is 14.6. The van der Waals surface area contributed by atoms with Gasteiger partial charge < -0.3 is 14.2 Å². The van der Waals surface area contributed by atoms with Crippen molar-refractivity contribution >= 4 is 34.8 Å². The SMILES string of the molecule is O=Cc1ccc(C(=O)OCCOCCOCCI)cc1. The average molecular weight is 392 g/mol. The Labute approximate surface area is 131 Å². The smallest absolute Gasteiger partial charge is 0.338 e. The van der Waals surface area contributed by atoms with Crippen LogP contribution in [0.25, 0.3) is 0 Å². The highest BCUT2D eigenvalue weighted by atomic mass is 127. The molecule has 20 heavy (non-hydrogen) atoms. The number of ether oxygens (including phenoxy) is 3. The maximum atomic E-state index is 11.6. The second-order valence-corrected chi connectivity index (χ2v) is 4.87. The van der Waals surface area contributed by atoms with E-state index in [1.54, 1.807) is 24.3 Å². The molecule has 6 heteroatoms. The maximum Gasteiger partial charge on any atom is 0.338 e. The van der Waals surface area contributed by atoms with Crippen LogP contribution in [0.15, 0.2) is 24.3 Å². The van der Waals surface area contributed by atoms with E-state index in [1.165, 1.54) is 0 Å². The Morgan fingerprint density at radius 1 is 1.00 bits per heavy atom. The van der Waals surface area contributed by atoms with Gasteiger partial charge in [0.1, 0.15) is 12.9 Å². The number of aldehydes is 1. The third-order valence-corrected chi connectivity index (χ3v) is 2.78. The fourth-order valence-corrected chi connectivity index (χ4v) is 1.66. The van der Waals surface area contributed by atoms with E-state index < -0.39 is 5.97 Å². The molecule has 1 rings (SSSR count). The molecule has 1 aromatic rings. The van der Waals surface area contributed by atoms with E-state index in [0.717, 1.165) is 17.3 Å². The molecule has 0 fully saturated rings. The average Bonchev–Trinajstić information content (AvgIpc) is 2.50. The standard InChI is InChI=1S/C14H17IO5/c15-5-6-18-7-8-19-9-10-20-14(17)13-3-1-12(11-16)2-4-13/h1-4,11H,5-10H2. The summed E-state index contributed by atoms with van der Waals surface area (Å²) in [4.78, 5) is 22.1. The lowest BCUT2D eigenvalue weighted by Gasteiger charge is -2.06. The van der Waals surface area contributed by atoms with Crippen molar-refractivity contribution in [2.75, 3.05) is 37.5 Å². The summed E-state index contributed by atoms with van der Waals surface area (Å²) in [6.45, 7) is 2.29. The molecule has 0 spiro atoms. The summed E-state index contributed by atoms with van der Waals surface area (Å²) in [5, 5.41) is 0. The molecule has 110 valence electrons. The van der Waals surface area contributed by atoms with Crippen molar-refractivity contribution in [2.24, 2.45) is 0 Å².